The van der Waals surface area contributed by atoms with Crippen molar-refractivity contribution in [3.63, 3.8) is 0 Å². The van der Waals surface area contributed by atoms with Crippen LogP contribution in [0.25, 0.3) is 11.6 Å². The minimum atomic E-state index is 0. The molecule has 0 radical (unpaired) electrons. The van der Waals surface area contributed by atoms with E-state index >= 15 is 0 Å². The number of halogens is 1. The fraction of sp³-hybridized carbons (Fsp3) is 0.520. The van der Waals surface area contributed by atoms with Gasteiger partial charge in [-0.05, 0) is 49.9 Å². The molecule has 10 heteroatoms. The van der Waals surface area contributed by atoms with Crippen molar-refractivity contribution < 1.29 is 13.9 Å². The van der Waals surface area contributed by atoms with E-state index in [1.165, 1.54) is 18.4 Å². The molecule has 0 unspecified atom stereocenters. The number of Topliss-reactive ketones (excluding diaryl/α,β-unsaturated/α-hetero) is 1. The van der Waals surface area contributed by atoms with Gasteiger partial charge in [0.2, 0.25) is 5.82 Å². The van der Waals surface area contributed by atoms with E-state index < -0.39 is 0 Å². The summed E-state index contributed by atoms with van der Waals surface area (Å²) >= 11 is 1.73. The molecular weight excluding hydrogens is 486 g/mol. The first-order chi connectivity index (χ1) is 16.5. The van der Waals surface area contributed by atoms with Crippen molar-refractivity contribution in [2.24, 2.45) is 13.0 Å². The lowest BCUT2D eigenvalue weighted by Gasteiger charge is -2.21. The van der Waals surface area contributed by atoms with Crippen molar-refractivity contribution in [1.82, 2.24) is 24.6 Å². The topological polar surface area (TPSA) is 86.3 Å². The minimum Gasteiger partial charge on any atom is -0.496 e. The number of carbonyl (C=O) groups is 1. The number of ether oxygens (including phenoxy) is 1. The maximum absolute atomic E-state index is 12.2. The zero-order valence-corrected chi connectivity index (χ0v) is 22.2. The Balaban J connectivity index is 0.00000289. The lowest BCUT2D eigenvalue weighted by Crippen LogP contribution is -2.28. The summed E-state index contributed by atoms with van der Waals surface area (Å²) in [6, 6.07) is 6.20. The molecule has 2 atom stereocenters. The fourth-order valence-electron chi connectivity index (χ4n) is 5.23. The second kappa shape index (κ2) is 10.3. The summed E-state index contributed by atoms with van der Waals surface area (Å²) < 4.78 is 13.0. The number of oxazole rings is 1. The van der Waals surface area contributed by atoms with Crippen molar-refractivity contribution in [3.05, 3.63) is 41.4 Å². The first kappa shape index (κ1) is 25.7. The number of aryl methyl sites for hydroxylation is 1. The Kier molecular flexibility index (Phi) is 7.59. The van der Waals surface area contributed by atoms with Crippen molar-refractivity contribution >= 4 is 30.0 Å². The number of fused-ring (bicyclic) bond motifs is 1. The van der Waals surface area contributed by atoms with E-state index in [-0.39, 0.29) is 23.6 Å². The first-order valence-electron chi connectivity index (χ1n) is 11.8. The average molecular weight is 518 g/mol. The van der Waals surface area contributed by atoms with Gasteiger partial charge in [-0.1, -0.05) is 24.8 Å². The molecule has 3 aromatic rings. The SMILES string of the molecule is CCC(=O)c1ccc([C@]23C[C@H]2CN(CCCSc2nnc(-c4ocnc4C)n2C)C3)cc1OC.Cl. The number of methoxy groups -OCH3 is 1. The van der Waals surface area contributed by atoms with Crippen LogP contribution in [0.1, 0.15) is 47.8 Å². The molecule has 1 aliphatic carbocycles. The second-order valence-corrected chi connectivity index (χ2v) is 10.4. The van der Waals surface area contributed by atoms with Crippen LogP contribution in [0.15, 0.2) is 34.2 Å². The smallest absolute Gasteiger partial charge is 0.202 e. The molecule has 0 N–H and O–H groups in total. The number of hydrogen-bond acceptors (Lipinski definition) is 8. The van der Waals surface area contributed by atoms with Gasteiger partial charge in [-0.25, -0.2) is 4.98 Å². The molecule has 2 fully saturated rings. The number of thioether (sulfide) groups is 1. The van der Waals surface area contributed by atoms with Gasteiger partial charge in [-0.2, -0.15) is 0 Å². The van der Waals surface area contributed by atoms with Crippen LogP contribution >= 0.6 is 24.2 Å². The molecule has 1 saturated carbocycles. The standard InChI is InChI=1S/C25H31N5O3S.ClH/c1-5-20(31)19-8-7-17(11-21(19)32-4)25-12-18(25)13-30(14-25)9-6-10-34-24-28-27-23(29(24)3)22-16(2)26-15-33-22;/h7-8,11,15,18H,5-6,9-10,12-14H2,1-4H3;1H/t18-,25+;/m0./s1. The lowest BCUT2D eigenvalue weighted by molar-refractivity contribution is 0.0985. The van der Waals surface area contributed by atoms with Crippen molar-refractivity contribution in [1.29, 1.82) is 0 Å². The van der Waals surface area contributed by atoms with E-state index in [1.54, 1.807) is 18.9 Å². The molecule has 0 amide bonds. The largest absolute Gasteiger partial charge is 0.496 e. The van der Waals surface area contributed by atoms with Crippen LogP contribution in [-0.4, -0.2) is 62.9 Å². The summed E-state index contributed by atoms with van der Waals surface area (Å²) in [5, 5.41) is 9.51. The summed E-state index contributed by atoms with van der Waals surface area (Å²) in [4.78, 5) is 18.9. The summed E-state index contributed by atoms with van der Waals surface area (Å²) in [5.41, 5.74) is 3.05. The molecule has 1 aromatic carbocycles. The Labute approximate surface area is 216 Å². The average Bonchev–Trinajstić information content (AvgIpc) is 3.13. The molecule has 0 bridgehead atoms. The highest BCUT2D eigenvalue weighted by Crippen LogP contribution is 2.59. The van der Waals surface area contributed by atoms with Crippen LogP contribution in [0.5, 0.6) is 5.75 Å². The quantitative estimate of drug-likeness (QED) is 0.220. The molecule has 5 rings (SSSR count). The van der Waals surface area contributed by atoms with Crippen LogP contribution in [-0.2, 0) is 12.5 Å². The summed E-state index contributed by atoms with van der Waals surface area (Å²) in [7, 11) is 3.62. The molecule has 1 aliphatic heterocycles. The maximum Gasteiger partial charge on any atom is 0.202 e. The Bertz CT molecular complexity index is 1210. The third-order valence-corrected chi connectivity index (χ3v) is 8.35. The number of hydrogen-bond donors (Lipinski definition) is 0. The van der Waals surface area contributed by atoms with Gasteiger partial charge in [0.05, 0.1) is 18.4 Å². The third kappa shape index (κ3) is 4.73. The van der Waals surface area contributed by atoms with Crippen LogP contribution in [0.4, 0.5) is 0 Å². The molecule has 2 aliphatic rings. The predicted molar refractivity (Wildman–Crippen MR) is 138 cm³/mol. The fourth-order valence-corrected chi connectivity index (χ4v) is 6.07. The molecule has 3 heterocycles. The van der Waals surface area contributed by atoms with Gasteiger partial charge in [0.15, 0.2) is 23.1 Å². The Morgan fingerprint density at radius 2 is 2.17 bits per heavy atom. The Morgan fingerprint density at radius 3 is 2.89 bits per heavy atom. The predicted octanol–water partition coefficient (Wildman–Crippen LogP) is 4.56. The number of aromatic nitrogens is 4. The Hall–Kier alpha value is -2.36. The van der Waals surface area contributed by atoms with E-state index in [2.05, 4.69) is 32.2 Å². The highest BCUT2D eigenvalue weighted by molar-refractivity contribution is 7.99. The van der Waals surface area contributed by atoms with Gasteiger partial charge in [-0.15, -0.1) is 22.6 Å². The van der Waals surface area contributed by atoms with Gasteiger partial charge in [-0.3, -0.25) is 4.79 Å². The molecule has 2 aromatic heterocycles. The number of ketones is 1. The van der Waals surface area contributed by atoms with Crippen molar-refractivity contribution in [2.75, 3.05) is 32.5 Å². The number of likely N-dealkylation sites (tertiary alicyclic amines) is 1. The van der Waals surface area contributed by atoms with Gasteiger partial charge in [0.25, 0.3) is 0 Å². The molecule has 0 spiro atoms. The highest BCUT2D eigenvalue weighted by Gasteiger charge is 2.60. The van der Waals surface area contributed by atoms with E-state index in [0.717, 1.165) is 42.7 Å². The van der Waals surface area contributed by atoms with Gasteiger partial charge < -0.3 is 18.6 Å². The van der Waals surface area contributed by atoms with E-state index in [1.807, 2.05) is 31.5 Å². The summed E-state index contributed by atoms with van der Waals surface area (Å²) in [5.74, 6) is 3.90. The van der Waals surface area contributed by atoms with E-state index in [0.29, 0.717) is 35.2 Å². The summed E-state index contributed by atoms with van der Waals surface area (Å²) in [6.07, 6.45) is 4.24. The normalized spacial score (nSPS) is 21.0. The third-order valence-electron chi connectivity index (χ3n) is 7.25. The molecule has 35 heavy (non-hydrogen) atoms. The molecular formula is C25H32ClN5O3S. The zero-order valence-electron chi connectivity index (χ0n) is 20.6. The first-order valence-corrected chi connectivity index (χ1v) is 12.8. The highest BCUT2D eigenvalue weighted by atomic mass is 35.5. The summed E-state index contributed by atoms with van der Waals surface area (Å²) in [6.45, 7) is 7.08. The van der Waals surface area contributed by atoms with Crippen LogP contribution in [0, 0.1) is 12.8 Å². The number of carbonyl (C=O) groups excluding carboxylic acids is 1. The van der Waals surface area contributed by atoms with Gasteiger partial charge in [0, 0.05) is 37.7 Å². The molecule has 188 valence electrons. The van der Waals surface area contributed by atoms with Crippen LogP contribution in [0.2, 0.25) is 0 Å². The van der Waals surface area contributed by atoms with Gasteiger partial charge in [0.1, 0.15) is 5.75 Å². The minimum absolute atomic E-state index is 0. The maximum atomic E-state index is 12.2. The number of benzene rings is 1. The zero-order chi connectivity index (χ0) is 23.9. The van der Waals surface area contributed by atoms with Crippen molar-refractivity contribution in [3.8, 4) is 17.3 Å². The second-order valence-electron chi connectivity index (χ2n) is 9.32. The lowest BCUT2D eigenvalue weighted by atomic mass is 9.92. The molecule has 1 saturated heterocycles. The number of rotatable bonds is 10. The van der Waals surface area contributed by atoms with E-state index in [9.17, 15) is 4.79 Å². The number of piperidine rings is 1. The van der Waals surface area contributed by atoms with E-state index in [4.69, 9.17) is 9.15 Å². The van der Waals surface area contributed by atoms with Crippen LogP contribution in [0.3, 0.4) is 0 Å². The van der Waals surface area contributed by atoms with Crippen molar-refractivity contribution in [2.45, 2.75) is 43.7 Å². The number of nitrogens with zero attached hydrogens (tertiary/aromatic N) is 5. The molecule has 8 nitrogen and oxygen atoms in total. The van der Waals surface area contributed by atoms with Gasteiger partial charge >= 0.3 is 0 Å². The monoisotopic (exact) mass is 517 g/mol. The van der Waals surface area contributed by atoms with Crippen LogP contribution < -0.4 is 4.74 Å². The Morgan fingerprint density at radius 1 is 1.34 bits per heavy atom.